The highest BCUT2D eigenvalue weighted by Gasteiger charge is 2.30. The summed E-state index contributed by atoms with van der Waals surface area (Å²) >= 11 is 7.74. The van der Waals surface area contributed by atoms with Crippen LogP contribution in [0, 0.1) is 0 Å². The molecule has 2 amide bonds. The van der Waals surface area contributed by atoms with E-state index in [1.54, 1.807) is 18.1 Å². The molecule has 1 atom stereocenters. The number of carbonyl (C=O) groups is 2. The van der Waals surface area contributed by atoms with Gasteiger partial charge < -0.3 is 15.0 Å². The fourth-order valence-corrected chi connectivity index (χ4v) is 4.82. The molecular formula is C28H31ClN2O3S. The first kappa shape index (κ1) is 26.6. The summed E-state index contributed by atoms with van der Waals surface area (Å²) in [5.74, 6) is 1.50. The summed E-state index contributed by atoms with van der Waals surface area (Å²) in [6.45, 7) is 2.68. The lowest BCUT2D eigenvalue weighted by Gasteiger charge is -2.31. The maximum atomic E-state index is 13.5. The van der Waals surface area contributed by atoms with Gasteiger partial charge in [0.25, 0.3) is 0 Å². The van der Waals surface area contributed by atoms with Crippen molar-refractivity contribution >= 4 is 35.2 Å². The van der Waals surface area contributed by atoms with Gasteiger partial charge in [0.15, 0.2) is 0 Å². The maximum absolute atomic E-state index is 13.5. The third-order valence-corrected chi connectivity index (χ3v) is 6.74. The van der Waals surface area contributed by atoms with Gasteiger partial charge in [-0.1, -0.05) is 66.2 Å². The van der Waals surface area contributed by atoms with Crippen LogP contribution in [0.5, 0.6) is 5.75 Å². The average molecular weight is 511 g/mol. The number of ether oxygens (including phenoxy) is 1. The normalized spacial score (nSPS) is 11.5. The minimum absolute atomic E-state index is 0.0873. The third kappa shape index (κ3) is 8.34. The lowest BCUT2D eigenvalue weighted by molar-refractivity contribution is -0.139. The summed E-state index contributed by atoms with van der Waals surface area (Å²) in [7, 11) is 1.64. The Hall–Kier alpha value is -2.96. The van der Waals surface area contributed by atoms with Crippen LogP contribution >= 0.6 is 23.4 Å². The Labute approximate surface area is 216 Å². The van der Waals surface area contributed by atoms with Crippen LogP contribution in [0.3, 0.4) is 0 Å². The molecule has 0 heterocycles. The Morgan fingerprint density at radius 2 is 1.69 bits per heavy atom. The van der Waals surface area contributed by atoms with Crippen LogP contribution < -0.4 is 10.1 Å². The summed E-state index contributed by atoms with van der Waals surface area (Å²) in [6.07, 6.45) is 0.433. The number of nitrogens with zero attached hydrogens (tertiary/aromatic N) is 1. The molecule has 0 saturated heterocycles. The molecule has 5 nitrogen and oxygen atoms in total. The topological polar surface area (TPSA) is 58.6 Å². The molecule has 0 aliphatic carbocycles. The van der Waals surface area contributed by atoms with Crippen molar-refractivity contribution in [2.24, 2.45) is 0 Å². The van der Waals surface area contributed by atoms with Gasteiger partial charge in [0, 0.05) is 30.3 Å². The summed E-state index contributed by atoms with van der Waals surface area (Å²) in [6, 6.07) is 24.4. The lowest BCUT2D eigenvalue weighted by atomic mass is 10.0. The predicted octanol–water partition coefficient (Wildman–Crippen LogP) is 5.36. The molecule has 0 saturated carbocycles. The summed E-state index contributed by atoms with van der Waals surface area (Å²) in [4.78, 5) is 28.4. The van der Waals surface area contributed by atoms with Crippen LogP contribution in [-0.4, -0.2) is 42.2 Å². The van der Waals surface area contributed by atoms with Gasteiger partial charge >= 0.3 is 0 Å². The van der Waals surface area contributed by atoms with E-state index in [9.17, 15) is 9.59 Å². The Morgan fingerprint density at radius 1 is 0.971 bits per heavy atom. The minimum Gasteiger partial charge on any atom is -0.497 e. The van der Waals surface area contributed by atoms with Crippen molar-refractivity contribution in [2.45, 2.75) is 31.7 Å². The first-order valence-corrected chi connectivity index (χ1v) is 13.1. The van der Waals surface area contributed by atoms with Crippen LogP contribution in [0.15, 0.2) is 78.9 Å². The van der Waals surface area contributed by atoms with Crippen molar-refractivity contribution in [3.8, 4) is 5.75 Å². The molecule has 184 valence electrons. The molecule has 0 fully saturated rings. The zero-order valence-electron chi connectivity index (χ0n) is 20.1. The Morgan fingerprint density at radius 3 is 2.34 bits per heavy atom. The van der Waals surface area contributed by atoms with Gasteiger partial charge in [-0.15, -0.1) is 11.8 Å². The molecule has 3 aromatic carbocycles. The first-order chi connectivity index (χ1) is 17.0. The van der Waals surface area contributed by atoms with Crippen molar-refractivity contribution < 1.29 is 14.3 Å². The van der Waals surface area contributed by atoms with Crippen molar-refractivity contribution in [1.29, 1.82) is 0 Å². The van der Waals surface area contributed by atoms with Crippen LogP contribution in [-0.2, 0) is 28.3 Å². The highest BCUT2D eigenvalue weighted by Crippen LogP contribution is 2.21. The number of hydrogen-bond donors (Lipinski definition) is 1. The number of rotatable bonds is 12. The van der Waals surface area contributed by atoms with E-state index in [-0.39, 0.29) is 17.6 Å². The van der Waals surface area contributed by atoms with E-state index in [4.69, 9.17) is 16.3 Å². The van der Waals surface area contributed by atoms with Gasteiger partial charge in [0.1, 0.15) is 11.8 Å². The van der Waals surface area contributed by atoms with E-state index >= 15 is 0 Å². The van der Waals surface area contributed by atoms with Gasteiger partial charge in [0.05, 0.1) is 12.9 Å². The van der Waals surface area contributed by atoms with Crippen molar-refractivity contribution in [1.82, 2.24) is 10.2 Å². The number of methoxy groups -OCH3 is 1. The number of amides is 2. The van der Waals surface area contributed by atoms with Gasteiger partial charge in [-0.05, 0) is 47.9 Å². The number of thioether (sulfide) groups is 1. The van der Waals surface area contributed by atoms with E-state index < -0.39 is 6.04 Å². The van der Waals surface area contributed by atoms with E-state index in [1.165, 1.54) is 11.8 Å². The predicted molar refractivity (Wildman–Crippen MR) is 144 cm³/mol. The second-order valence-corrected chi connectivity index (χ2v) is 9.51. The third-order valence-electron chi connectivity index (χ3n) is 5.52. The molecule has 7 heteroatoms. The van der Waals surface area contributed by atoms with Crippen LogP contribution in [0.2, 0.25) is 5.02 Å². The number of likely N-dealkylation sites (N-methyl/N-ethyl adjacent to an activating group) is 1. The van der Waals surface area contributed by atoms with E-state index in [0.717, 1.165) is 22.4 Å². The number of nitrogens with one attached hydrogen (secondary N) is 1. The van der Waals surface area contributed by atoms with Crippen LogP contribution in [0.4, 0.5) is 0 Å². The number of hydrogen-bond acceptors (Lipinski definition) is 4. The van der Waals surface area contributed by atoms with Crippen LogP contribution in [0.1, 0.15) is 23.6 Å². The molecular weight excluding hydrogens is 480 g/mol. The highest BCUT2D eigenvalue weighted by molar-refractivity contribution is 7.99. The zero-order chi connectivity index (χ0) is 25.0. The fourth-order valence-electron chi connectivity index (χ4n) is 3.74. The van der Waals surface area contributed by atoms with Gasteiger partial charge in [0.2, 0.25) is 11.8 Å². The summed E-state index contributed by atoms with van der Waals surface area (Å²) in [5.41, 5.74) is 2.99. The summed E-state index contributed by atoms with van der Waals surface area (Å²) < 4.78 is 5.21. The molecule has 3 aromatic rings. The van der Waals surface area contributed by atoms with Gasteiger partial charge in [-0.2, -0.15) is 0 Å². The van der Waals surface area contributed by atoms with E-state index in [2.05, 4.69) is 5.32 Å². The second kappa shape index (κ2) is 13.8. The molecule has 0 spiro atoms. The SMILES string of the molecule is CCNC(=O)C(Cc1ccccc1)N(Cc1cccc(Cl)c1)C(=O)CSCc1ccc(OC)cc1. The monoisotopic (exact) mass is 510 g/mol. The number of benzene rings is 3. The molecule has 1 unspecified atom stereocenters. The van der Waals surface area contributed by atoms with Crippen molar-refractivity contribution in [2.75, 3.05) is 19.4 Å². The lowest BCUT2D eigenvalue weighted by Crippen LogP contribution is -2.51. The van der Waals surface area contributed by atoms with Crippen LogP contribution in [0.25, 0.3) is 0 Å². The minimum atomic E-state index is -0.634. The maximum Gasteiger partial charge on any atom is 0.243 e. The quantitative estimate of drug-likeness (QED) is 0.356. The Bertz CT molecular complexity index is 1090. The Kier molecular flexibility index (Phi) is 10.5. The zero-order valence-corrected chi connectivity index (χ0v) is 21.6. The highest BCUT2D eigenvalue weighted by atomic mass is 35.5. The fraction of sp³-hybridized carbons (Fsp3) is 0.286. The number of carbonyl (C=O) groups excluding carboxylic acids is 2. The van der Waals surface area contributed by atoms with Crippen molar-refractivity contribution in [3.63, 3.8) is 0 Å². The van der Waals surface area contributed by atoms with Gasteiger partial charge in [-0.3, -0.25) is 9.59 Å². The second-order valence-electron chi connectivity index (χ2n) is 8.09. The standard InChI is InChI=1S/C28H31ClN2O3S/c1-3-30-28(33)26(17-21-8-5-4-6-9-21)31(18-23-10-7-11-24(29)16-23)27(32)20-35-19-22-12-14-25(34-2)15-13-22/h4-16,26H,3,17-20H2,1-2H3,(H,30,33). The summed E-state index contributed by atoms with van der Waals surface area (Å²) in [5, 5.41) is 3.51. The molecule has 0 aliphatic rings. The number of halogens is 1. The molecule has 3 rings (SSSR count). The van der Waals surface area contributed by atoms with E-state index in [1.807, 2.05) is 79.7 Å². The average Bonchev–Trinajstić information content (AvgIpc) is 2.87. The molecule has 0 bridgehead atoms. The van der Waals surface area contributed by atoms with E-state index in [0.29, 0.717) is 30.3 Å². The smallest absolute Gasteiger partial charge is 0.243 e. The Balaban J connectivity index is 1.80. The molecule has 0 radical (unpaired) electrons. The molecule has 0 aromatic heterocycles. The molecule has 0 aliphatic heterocycles. The largest absolute Gasteiger partial charge is 0.497 e. The molecule has 35 heavy (non-hydrogen) atoms. The first-order valence-electron chi connectivity index (χ1n) is 11.6. The van der Waals surface area contributed by atoms with Crippen molar-refractivity contribution in [3.05, 3.63) is 101 Å². The van der Waals surface area contributed by atoms with Gasteiger partial charge in [-0.25, -0.2) is 0 Å². The molecule has 1 N–H and O–H groups in total.